The van der Waals surface area contributed by atoms with Gasteiger partial charge in [0, 0.05) is 31.6 Å². The van der Waals surface area contributed by atoms with E-state index in [1.165, 1.54) is 0 Å². The molecule has 0 unspecified atom stereocenters. The van der Waals surface area contributed by atoms with E-state index < -0.39 is 0 Å². The minimum Gasteiger partial charge on any atom is -0.331 e. The van der Waals surface area contributed by atoms with Gasteiger partial charge >= 0.3 is 0 Å². The fourth-order valence-electron chi connectivity index (χ4n) is 3.86. The van der Waals surface area contributed by atoms with E-state index >= 15 is 0 Å². The number of hydrogen-bond donors (Lipinski definition) is 0. The van der Waals surface area contributed by atoms with E-state index in [1.807, 2.05) is 36.2 Å². The number of anilines is 1. The maximum absolute atomic E-state index is 12.7. The first-order valence-electron chi connectivity index (χ1n) is 8.34. The van der Waals surface area contributed by atoms with Gasteiger partial charge in [0.1, 0.15) is 5.82 Å². The lowest BCUT2D eigenvalue weighted by molar-refractivity contribution is -0.117. The van der Waals surface area contributed by atoms with Crippen molar-refractivity contribution in [1.82, 2.24) is 9.55 Å². The van der Waals surface area contributed by atoms with E-state index in [-0.39, 0.29) is 11.8 Å². The molecular formula is C20H21N3O. The molecule has 0 spiro atoms. The predicted molar refractivity (Wildman–Crippen MR) is 96.3 cm³/mol. The lowest BCUT2D eigenvalue weighted by atomic mass is 10.1. The number of carbonyl (C=O) groups is 1. The second-order valence-electron chi connectivity index (χ2n) is 6.66. The van der Waals surface area contributed by atoms with Crippen molar-refractivity contribution in [2.75, 3.05) is 11.4 Å². The summed E-state index contributed by atoms with van der Waals surface area (Å²) in [5.74, 6) is 1.32. The Balaban J connectivity index is 1.72. The number of nitrogens with zero attached hydrogens (tertiary/aromatic N) is 3. The number of benzene rings is 2. The monoisotopic (exact) mass is 319 g/mol. The highest BCUT2D eigenvalue weighted by Crippen LogP contribution is 2.35. The van der Waals surface area contributed by atoms with Gasteiger partial charge in [-0.3, -0.25) is 4.79 Å². The highest BCUT2D eigenvalue weighted by Gasteiger charge is 2.35. The predicted octanol–water partition coefficient (Wildman–Crippen LogP) is 3.71. The van der Waals surface area contributed by atoms with Crippen molar-refractivity contribution in [3.63, 3.8) is 0 Å². The summed E-state index contributed by atoms with van der Waals surface area (Å²) >= 11 is 0. The molecule has 1 aliphatic rings. The number of hydrogen-bond acceptors (Lipinski definition) is 2. The summed E-state index contributed by atoms with van der Waals surface area (Å²) in [6.45, 7) is 4.83. The van der Waals surface area contributed by atoms with E-state index in [0.29, 0.717) is 13.0 Å². The molecule has 24 heavy (non-hydrogen) atoms. The largest absolute Gasteiger partial charge is 0.331 e. The topological polar surface area (TPSA) is 38.1 Å². The number of amides is 1. The quantitative estimate of drug-likeness (QED) is 0.722. The number of fused-ring (bicyclic) bond motifs is 1. The zero-order valence-electron chi connectivity index (χ0n) is 14.3. The van der Waals surface area contributed by atoms with Crippen molar-refractivity contribution in [3.8, 4) is 0 Å². The standard InChI is InChI=1S/C20H21N3O/c1-13-7-6-8-14(2)19(13)23-12-15(11-18(23)24)20-21-16-9-4-5-10-17(16)22(20)3/h4-10,15H,11-12H2,1-3H3/t15-/m0/s1. The Morgan fingerprint density at radius 1 is 1.04 bits per heavy atom. The van der Waals surface area contributed by atoms with Gasteiger partial charge in [0.2, 0.25) is 5.91 Å². The molecule has 1 aliphatic heterocycles. The summed E-state index contributed by atoms with van der Waals surface area (Å²) < 4.78 is 2.13. The molecule has 4 rings (SSSR count). The lowest BCUT2D eigenvalue weighted by Gasteiger charge is -2.21. The Kier molecular flexibility index (Phi) is 3.41. The Bertz CT molecular complexity index is 921. The third kappa shape index (κ3) is 2.21. The van der Waals surface area contributed by atoms with Gasteiger partial charge in [-0.25, -0.2) is 4.98 Å². The zero-order valence-corrected chi connectivity index (χ0v) is 14.3. The molecule has 4 nitrogen and oxygen atoms in total. The molecule has 2 heterocycles. The van der Waals surface area contributed by atoms with Gasteiger partial charge in [-0.15, -0.1) is 0 Å². The van der Waals surface area contributed by atoms with Crippen LogP contribution in [-0.4, -0.2) is 22.0 Å². The van der Waals surface area contributed by atoms with E-state index in [9.17, 15) is 4.79 Å². The van der Waals surface area contributed by atoms with Crippen LogP contribution in [-0.2, 0) is 11.8 Å². The SMILES string of the molecule is Cc1cccc(C)c1N1C[C@@H](c2nc3ccccc3n2C)CC1=O. The van der Waals surface area contributed by atoms with Crippen molar-refractivity contribution >= 4 is 22.6 Å². The molecule has 1 aromatic heterocycles. The number of aryl methyl sites for hydroxylation is 3. The Morgan fingerprint density at radius 2 is 1.75 bits per heavy atom. The van der Waals surface area contributed by atoms with Gasteiger partial charge in [0.05, 0.1) is 11.0 Å². The van der Waals surface area contributed by atoms with Gasteiger partial charge < -0.3 is 9.47 Å². The Morgan fingerprint density at radius 3 is 2.46 bits per heavy atom. The van der Waals surface area contributed by atoms with Crippen LogP contribution in [0, 0.1) is 13.8 Å². The van der Waals surface area contributed by atoms with Crippen LogP contribution in [0.4, 0.5) is 5.69 Å². The van der Waals surface area contributed by atoms with Crippen molar-refractivity contribution in [1.29, 1.82) is 0 Å². The van der Waals surface area contributed by atoms with E-state index in [0.717, 1.165) is 33.7 Å². The van der Waals surface area contributed by atoms with E-state index in [1.54, 1.807) is 0 Å². The van der Waals surface area contributed by atoms with Crippen LogP contribution in [0.15, 0.2) is 42.5 Å². The van der Waals surface area contributed by atoms with Gasteiger partial charge in [-0.2, -0.15) is 0 Å². The third-order valence-electron chi connectivity index (χ3n) is 5.02. The highest BCUT2D eigenvalue weighted by atomic mass is 16.2. The summed E-state index contributed by atoms with van der Waals surface area (Å²) in [5.41, 5.74) is 5.46. The molecule has 0 N–H and O–H groups in total. The van der Waals surface area contributed by atoms with Crippen LogP contribution in [0.1, 0.15) is 29.3 Å². The van der Waals surface area contributed by atoms with Crippen LogP contribution < -0.4 is 4.90 Å². The number of rotatable bonds is 2. The van der Waals surface area contributed by atoms with Crippen LogP contribution in [0.2, 0.25) is 0 Å². The molecule has 0 saturated carbocycles. The third-order valence-corrected chi connectivity index (χ3v) is 5.02. The van der Waals surface area contributed by atoms with Crippen molar-refractivity contribution < 1.29 is 4.79 Å². The number of para-hydroxylation sites is 3. The highest BCUT2D eigenvalue weighted by molar-refractivity contribution is 5.98. The molecule has 1 atom stereocenters. The molecule has 1 fully saturated rings. The zero-order chi connectivity index (χ0) is 16.8. The molecular weight excluding hydrogens is 298 g/mol. The second kappa shape index (κ2) is 5.48. The van der Waals surface area contributed by atoms with Crippen LogP contribution >= 0.6 is 0 Å². The average Bonchev–Trinajstić information content (AvgIpc) is 3.09. The molecule has 2 aromatic carbocycles. The molecule has 4 heteroatoms. The van der Waals surface area contributed by atoms with Crippen LogP contribution in [0.25, 0.3) is 11.0 Å². The van der Waals surface area contributed by atoms with Gasteiger partial charge in [0.25, 0.3) is 0 Å². The van der Waals surface area contributed by atoms with Crippen molar-refractivity contribution in [3.05, 3.63) is 59.4 Å². The molecule has 0 aliphatic carbocycles. The summed E-state index contributed by atoms with van der Waals surface area (Å²) in [5, 5.41) is 0. The minimum absolute atomic E-state index is 0.133. The summed E-state index contributed by atoms with van der Waals surface area (Å²) in [4.78, 5) is 19.4. The first-order valence-corrected chi connectivity index (χ1v) is 8.34. The summed E-state index contributed by atoms with van der Waals surface area (Å²) in [6, 6.07) is 14.3. The molecule has 0 radical (unpaired) electrons. The maximum Gasteiger partial charge on any atom is 0.227 e. The number of carbonyl (C=O) groups excluding carboxylic acids is 1. The first kappa shape index (κ1) is 14.9. The van der Waals surface area contributed by atoms with E-state index in [4.69, 9.17) is 4.98 Å². The second-order valence-corrected chi connectivity index (χ2v) is 6.66. The number of imidazole rings is 1. The molecule has 1 saturated heterocycles. The lowest BCUT2D eigenvalue weighted by Crippen LogP contribution is -2.26. The molecule has 1 amide bonds. The van der Waals surface area contributed by atoms with Gasteiger partial charge in [0.15, 0.2) is 0 Å². The average molecular weight is 319 g/mol. The fraction of sp³-hybridized carbons (Fsp3) is 0.300. The molecule has 122 valence electrons. The van der Waals surface area contributed by atoms with Gasteiger partial charge in [-0.1, -0.05) is 30.3 Å². The summed E-state index contributed by atoms with van der Waals surface area (Å²) in [6.07, 6.45) is 0.519. The van der Waals surface area contributed by atoms with Crippen molar-refractivity contribution in [2.24, 2.45) is 7.05 Å². The van der Waals surface area contributed by atoms with Gasteiger partial charge in [-0.05, 0) is 37.1 Å². The molecule has 3 aromatic rings. The normalized spacial score (nSPS) is 17.9. The van der Waals surface area contributed by atoms with Crippen molar-refractivity contribution in [2.45, 2.75) is 26.2 Å². The van der Waals surface area contributed by atoms with Crippen LogP contribution in [0.5, 0.6) is 0 Å². The Labute approximate surface area is 141 Å². The fourth-order valence-corrected chi connectivity index (χ4v) is 3.86. The van der Waals surface area contributed by atoms with Crippen LogP contribution in [0.3, 0.4) is 0 Å². The minimum atomic E-state index is 0.133. The number of aromatic nitrogens is 2. The smallest absolute Gasteiger partial charge is 0.227 e. The maximum atomic E-state index is 12.7. The van der Waals surface area contributed by atoms with E-state index in [2.05, 4.69) is 36.6 Å². The summed E-state index contributed by atoms with van der Waals surface area (Å²) in [7, 11) is 2.04. The molecule has 0 bridgehead atoms. The first-order chi connectivity index (χ1) is 11.6. The Hall–Kier alpha value is -2.62.